The summed E-state index contributed by atoms with van der Waals surface area (Å²) in [7, 11) is 4.09. The van der Waals surface area contributed by atoms with E-state index >= 15 is 4.39 Å². The van der Waals surface area contributed by atoms with Gasteiger partial charge in [0.2, 0.25) is 0 Å². The molecule has 1 amide bonds. The number of amides is 1. The van der Waals surface area contributed by atoms with E-state index in [4.69, 9.17) is 37.9 Å². The number of pyridine rings is 1. The molecule has 5 aromatic rings. The molecule has 2 fully saturated rings. The van der Waals surface area contributed by atoms with E-state index in [-0.39, 0.29) is 34.6 Å². The summed E-state index contributed by atoms with van der Waals surface area (Å²) in [5, 5.41) is 12.6. The Hall–Kier alpha value is -4.17. The monoisotopic (exact) mass is 701 g/mol. The molecular weight excluding hydrogens is 664 g/mol. The SMILES string of the molecule is CN(C)C1CN(c2nc3c(F)c(-c4cccc5cccc(Cl)c45)c(Cl)cc3c3c2ncn3[C@H]2CCN(C(=O)OC(C)(C)C)[C@H](CC#N)C2)C1. The molecular formula is C37H38Cl2FN7O2. The van der Waals surface area contributed by atoms with Crippen molar-refractivity contribution >= 4 is 67.8 Å². The van der Waals surface area contributed by atoms with Gasteiger partial charge in [-0.1, -0.05) is 53.5 Å². The highest BCUT2D eigenvalue weighted by Gasteiger charge is 2.37. The van der Waals surface area contributed by atoms with E-state index in [0.29, 0.717) is 52.7 Å². The molecule has 3 aromatic carbocycles. The third-order valence-corrected chi connectivity index (χ3v) is 10.3. The molecule has 0 N–H and O–H groups in total. The number of likely N-dealkylation sites (N-methyl/N-ethyl adjacent to an activating group) is 1. The Labute approximate surface area is 294 Å². The average Bonchev–Trinajstić information content (AvgIpc) is 3.46. The predicted molar refractivity (Wildman–Crippen MR) is 193 cm³/mol. The Bertz CT molecular complexity index is 2140. The molecule has 2 aliphatic rings. The Morgan fingerprint density at radius 1 is 1.12 bits per heavy atom. The van der Waals surface area contributed by atoms with Crippen LogP contribution in [-0.2, 0) is 4.74 Å². The molecule has 12 heteroatoms. The lowest BCUT2D eigenvalue weighted by Gasteiger charge is -2.43. The first kappa shape index (κ1) is 33.3. The van der Waals surface area contributed by atoms with Gasteiger partial charge in [0.05, 0.1) is 29.4 Å². The van der Waals surface area contributed by atoms with Gasteiger partial charge in [-0.15, -0.1) is 0 Å². The lowest BCUT2D eigenvalue weighted by Crippen LogP contribution is -2.57. The number of benzene rings is 3. The van der Waals surface area contributed by atoms with Gasteiger partial charge in [0.15, 0.2) is 11.6 Å². The van der Waals surface area contributed by atoms with Crippen LogP contribution in [0.1, 0.15) is 46.1 Å². The number of fused-ring (bicyclic) bond motifs is 4. The molecule has 0 aliphatic carbocycles. The highest BCUT2D eigenvalue weighted by Crippen LogP contribution is 2.44. The fourth-order valence-corrected chi connectivity index (χ4v) is 7.77. The molecule has 0 saturated carbocycles. The third-order valence-electron chi connectivity index (χ3n) is 9.72. The maximum absolute atomic E-state index is 17.2. The van der Waals surface area contributed by atoms with Crippen LogP contribution in [0.3, 0.4) is 0 Å². The van der Waals surface area contributed by atoms with Crippen molar-refractivity contribution in [3.8, 4) is 17.2 Å². The summed E-state index contributed by atoms with van der Waals surface area (Å²) >= 11 is 13.7. The van der Waals surface area contributed by atoms with E-state index in [1.54, 1.807) is 23.4 Å². The molecule has 9 nitrogen and oxygen atoms in total. The number of rotatable bonds is 5. The zero-order valence-corrected chi connectivity index (χ0v) is 29.7. The minimum Gasteiger partial charge on any atom is -0.444 e. The van der Waals surface area contributed by atoms with E-state index < -0.39 is 17.5 Å². The summed E-state index contributed by atoms with van der Waals surface area (Å²) in [6.45, 7) is 7.34. The normalized spacial score (nSPS) is 18.8. The zero-order chi connectivity index (χ0) is 34.8. The molecule has 0 spiro atoms. The van der Waals surface area contributed by atoms with Gasteiger partial charge in [0, 0.05) is 59.1 Å². The number of anilines is 1. The fourth-order valence-electron chi connectivity index (χ4n) is 7.19. The lowest BCUT2D eigenvalue weighted by atomic mass is 9.94. The number of imidazole rings is 1. The van der Waals surface area contributed by atoms with Gasteiger partial charge in [0.25, 0.3) is 0 Å². The first-order chi connectivity index (χ1) is 23.4. The Morgan fingerprint density at radius 3 is 2.55 bits per heavy atom. The second-order valence-corrected chi connectivity index (χ2v) is 15.1. The number of hydrogen-bond donors (Lipinski definition) is 0. The molecule has 49 heavy (non-hydrogen) atoms. The summed E-state index contributed by atoms with van der Waals surface area (Å²) in [5.74, 6) is 0.0832. The summed E-state index contributed by atoms with van der Waals surface area (Å²) in [6, 6.07) is 15.1. The van der Waals surface area contributed by atoms with E-state index in [9.17, 15) is 10.1 Å². The number of carbonyl (C=O) groups is 1. The van der Waals surface area contributed by atoms with E-state index in [0.717, 1.165) is 29.4 Å². The highest BCUT2D eigenvalue weighted by molar-refractivity contribution is 6.38. The molecule has 2 aromatic heterocycles. The van der Waals surface area contributed by atoms with Crippen molar-refractivity contribution in [1.29, 1.82) is 5.26 Å². The van der Waals surface area contributed by atoms with Crippen molar-refractivity contribution in [3.63, 3.8) is 0 Å². The highest BCUT2D eigenvalue weighted by atomic mass is 35.5. The maximum atomic E-state index is 17.2. The van der Waals surface area contributed by atoms with Crippen LogP contribution in [0.4, 0.5) is 15.0 Å². The van der Waals surface area contributed by atoms with Crippen molar-refractivity contribution in [1.82, 2.24) is 24.3 Å². The number of piperidine rings is 1. The van der Waals surface area contributed by atoms with Crippen LogP contribution in [0.25, 0.3) is 43.8 Å². The number of carbonyl (C=O) groups excluding carboxylic acids is 1. The van der Waals surface area contributed by atoms with Crippen LogP contribution in [-0.4, -0.2) is 81.8 Å². The molecule has 2 aliphatic heterocycles. The second-order valence-electron chi connectivity index (χ2n) is 14.3. The molecule has 4 heterocycles. The predicted octanol–water partition coefficient (Wildman–Crippen LogP) is 8.46. The number of likely N-dealkylation sites (tertiary alicyclic amines) is 1. The van der Waals surface area contributed by atoms with Crippen LogP contribution in [0.2, 0.25) is 10.0 Å². The van der Waals surface area contributed by atoms with Crippen molar-refractivity contribution in [2.75, 3.05) is 38.6 Å². The minimum absolute atomic E-state index is 0.121. The smallest absolute Gasteiger partial charge is 0.410 e. The van der Waals surface area contributed by atoms with E-state index in [1.165, 1.54) is 0 Å². The summed E-state index contributed by atoms with van der Waals surface area (Å²) in [6.07, 6.45) is 2.61. The zero-order valence-electron chi connectivity index (χ0n) is 28.2. The van der Waals surface area contributed by atoms with Gasteiger partial charge in [-0.05, 0) is 70.8 Å². The molecule has 0 radical (unpaired) electrons. The van der Waals surface area contributed by atoms with Crippen LogP contribution in [0.5, 0.6) is 0 Å². The Balaban J connectivity index is 1.39. The van der Waals surface area contributed by atoms with E-state index in [1.807, 2.05) is 65.2 Å². The minimum atomic E-state index is -0.657. The summed E-state index contributed by atoms with van der Waals surface area (Å²) in [5.41, 5.74) is 1.76. The van der Waals surface area contributed by atoms with Gasteiger partial charge >= 0.3 is 6.09 Å². The van der Waals surface area contributed by atoms with Crippen LogP contribution in [0, 0.1) is 17.1 Å². The van der Waals surface area contributed by atoms with E-state index in [2.05, 4.69) is 20.4 Å². The third kappa shape index (κ3) is 5.92. The van der Waals surface area contributed by atoms with Gasteiger partial charge in [-0.2, -0.15) is 5.26 Å². The van der Waals surface area contributed by atoms with Crippen molar-refractivity contribution in [2.24, 2.45) is 0 Å². The number of ether oxygens (including phenoxy) is 1. The first-order valence-electron chi connectivity index (χ1n) is 16.5. The molecule has 7 rings (SSSR count). The number of aromatic nitrogens is 3. The Kier molecular flexibility index (Phi) is 8.58. The molecule has 2 saturated heterocycles. The molecule has 254 valence electrons. The van der Waals surface area contributed by atoms with Gasteiger partial charge < -0.3 is 24.0 Å². The maximum Gasteiger partial charge on any atom is 0.410 e. The van der Waals surface area contributed by atoms with Crippen LogP contribution in [0.15, 0.2) is 48.8 Å². The number of nitrogens with zero attached hydrogens (tertiary/aromatic N) is 7. The van der Waals surface area contributed by atoms with Crippen LogP contribution < -0.4 is 4.90 Å². The average molecular weight is 703 g/mol. The molecule has 0 unspecified atom stereocenters. The second kappa shape index (κ2) is 12.6. The van der Waals surface area contributed by atoms with Crippen molar-refractivity contribution < 1.29 is 13.9 Å². The first-order valence-corrected chi connectivity index (χ1v) is 17.3. The number of nitriles is 1. The Morgan fingerprint density at radius 2 is 1.86 bits per heavy atom. The molecule has 0 bridgehead atoms. The number of halogens is 3. The van der Waals surface area contributed by atoms with Crippen molar-refractivity contribution in [3.05, 3.63) is 64.7 Å². The fraction of sp³-hybridized carbons (Fsp3) is 0.405. The van der Waals surface area contributed by atoms with Gasteiger partial charge in [0.1, 0.15) is 16.6 Å². The summed E-state index contributed by atoms with van der Waals surface area (Å²) in [4.78, 5) is 28.9. The largest absolute Gasteiger partial charge is 0.444 e. The lowest BCUT2D eigenvalue weighted by molar-refractivity contribution is 0.00618. The standard InChI is InChI=1S/C37H38Cl2FN7O2/c1-37(2,3)49-36(48)46-15-13-23(16-22(46)12-14-41)47-20-42-33-34(47)26-17-28(39)30(25-10-6-8-21-9-7-11-27(38)29(21)25)31(40)32(26)43-35(33)45-18-24(19-45)44(4)5/h6-11,17,20,22-24H,12-13,15-16,18-19H2,1-5H3/t22-,23+/m1/s1. The van der Waals surface area contributed by atoms with Crippen LogP contribution >= 0.6 is 23.2 Å². The quantitative estimate of drug-likeness (QED) is 0.182. The van der Waals surface area contributed by atoms with Crippen molar-refractivity contribution in [2.45, 2.75) is 63.8 Å². The summed E-state index contributed by atoms with van der Waals surface area (Å²) < 4.78 is 24.9. The van der Waals surface area contributed by atoms with Gasteiger partial charge in [-0.3, -0.25) is 0 Å². The number of hydrogen-bond acceptors (Lipinski definition) is 7. The topological polar surface area (TPSA) is 90.5 Å². The van der Waals surface area contributed by atoms with Gasteiger partial charge in [-0.25, -0.2) is 19.2 Å². The molecule has 2 atom stereocenters.